The summed E-state index contributed by atoms with van der Waals surface area (Å²) in [6.45, 7) is 6.15. The van der Waals surface area contributed by atoms with Crippen LogP contribution in [0.25, 0.3) is 0 Å². The molecule has 1 fully saturated rings. The molecule has 0 aromatic carbocycles. The maximum absolute atomic E-state index is 11.8. The molecule has 102 valence electrons. The van der Waals surface area contributed by atoms with Gasteiger partial charge in [0.2, 0.25) is 5.91 Å². The van der Waals surface area contributed by atoms with E-state index in [-0.39, 0.29) is 30.4 Å². The maximum Gasteiger partial charge on any atom is 0.239 e. The molecule has 1 amide bonds. The lowest BCUT2D eigenvalue weighted by molar-refractivity contribution is -0.126. The van der Waals surface area contributed by atoms with E-state index < -0.39 is 0 Å². The number of rotatable bonds is 6. The third-order valence-electron chi connectivity index (χ3n) is 2.53. The number of morpholine rings is 1. The molecule has 0 aliphatic carbocycles. The van der Waals surface area contributed by atoms with Crippen molar-refractivity contribution in [3.05, 3.63) is 0 Å². The van der Waals surface area contributed by atoms with Gasteiger partial charge in [0.05, 0.1) is 13.2 Å². The third kappa shape index (κ3) is 7.13. The highest BCUT2D eigenvalue weighted by Crippen LogP contribution is 2.04. The van der Waals surface area contributed by atoms with E-state index in [1.54, 1.807) is 0 Å². The molecule has 17 heavy (non-hydrogen) atoms. The fraction of sp³-hybridized carbons (Fsp3) is 0.909. The van der Waals surface area contributed by atoms with Gasteiger partial charge in [-0.2, -0.15) is 11.8 Å². The van der Waals surface area contributed by atoms with Gasteiger partial charge in [0.25, 0.3) is 0 Å². The Morgan fingerprint density at radius 3 is 3.00 bits per heavy atom. The predicted molar refractivity (Wildman–Crippen MR) is 75.1 cm³/mol. The van der Waals surface area contributed by atoms with Crippen LogP contribution in [0.3, 0.4) is 0 Å². The summed E-state index contributed by atoms with van der Waals surface area (Å²) in [5.41, 5.74) is 0. The van der Waals surface area contributed by atoms with Crippen molar-refractivity contribution < 1.29 is 9.53 Å². The van der Waals surface area contributed by atoms with Crippen LogP contribution in [0.5, 0.6) is 0 Å². The first-order valence-corrected chi connectivity index (χ1v) is 7.08. The summed E-state index contributed by atoms with van der Waals surface area (Å²) in [5.74, 6) is 2.30. The second-order valence-electron chi connectivity index (χ2n) is 3.98. The van der Waals surface area contributed by atoms with Crippen molar-refractivity contribution in [2.45, 2.75) is 32.4 Å². The van der Waals surface area contributed by atoms with Crippen molar-refractivity contribution in [1.82, 2.24) is 10.6 Å². The maximum atomic E-state index is 11.8. The molecule has 2 unspecified atom stereocenters. The van der Waals surface area contributed by atoms with Crippen LogP contribution in [0.4, 0.5) is 0 Å². The van der Waals surface area contributed by atoms with E-state index in [0.29, 0.717) is 13.2 Å². The van der Waals surface area contributed by atoms with Crippen molar-refractivity contribution in [2.24, 2.45) is 0 Å². The highest BCUT2D eigenvalue weighted by atomic mass is 35.5. The van der Waals surface area contributed by atoms with E-state index in [0.717, 1.165) is 24.5 Å². The molecule has 0 bridgehead atoms. The van der Waals surface area contributed by atoms with Crippen LogP contribution in [-0.4, -0.2) is 49.3 Å². The Bertz CT molecular complexity index is 214. The van der Waals surface area contributed by atoms with E-state index in [9.17, 15) is 4.79 Å². The smallest absolute Gasteiger partial charge is 0.239 e. The van der Waals surface area contributed by atoms with Crippen molar-refractivity contribution in [1.29, 1.82) is 0 Å². The summed E-state index contributed by atoms with van der Waals surface area (Å²) in [5, 5.41) is 6.16. The zero-order chi connectivity index (χ0) is 11.8. The van der Waals surface area contributed by atoms with E-state index >= 15 is 0 Å². The molecule has 0 saturated carbocycles. The molecule has 0 aromatic rings. The topological polar surface area (TPSA) is 50.4 Å². The Hall–Kier alpha value is 0.0300. The third-order valence-corrected chi connectivity index (χ3v) is 3.46. The number of hydrogen-bond donors (Lipinski definition) is 2. The van der Waals surface area contributed by atoms with Crippen molar-refractivity contribution >= 4 is 30.1 Å². The molecule has 1 aliphatic heterocycles. The Balaban J connectivity index is 0.00000256. The molecule has 1 aliphatic rings. The van der Waals surface area contributed by atoms with Gasteiger partial charge in [-0.15, -0.1) is 12.4 Å². The van der Waals surface area contributed by atoms with Crippen LogP contribution >= 0.6 is 24.2 Å². The number of carbonyl (C=O) groups is 1. The zero-order valence-corrected chi connectivity index (χ0v) is 12.2. The Labute approximate surface area is 114 Å². The first kappa shape index (κ1) is 17.0. The number of carbonyl (C=O) groups excluding carboxylic acids is 1. The zero-order valence-electron chi connectivity index (χ0n) is 10.5. The minimum atomic E-state index is -0.171. The van der Waals surface area contributed by atoms with Crippen LogP contribution in [-0.2, 0) is 9.53 Å². The molecule has 1 rings (SSSR count). The largest absolute Gasteiger partial charge is 0.378 e. The summed E-state index contributed by atoms with van der Waals surface area (Å²) in [6.07, 6.45) is 1.03. The molecule has 0 spiro atoms. The molecule has 2 N–H and O–H groups in total. The molecule has 2 atom stereocenters. The Morgan fingerprint density at radius 1 is 1.65 bits per heavy atom. The first-order chi connectivity index (χ1) is 7.74. The van der Waals surface area contributed by atoms with Gasteiger partial charge >= 0.3 is 0 Å². The van der Waals surface area contributed by atoms with Gasteiger partial charge in [-0.05, 0) is 24.9 Å². The van der Waals surface area contributed by atoms with E-state index in [4.69, 9.17) is 4.74 Å². The molecule has 4 nitrogen and oxygen atoms in total. The predicted octanol–water partition coefficient (Wildman–Crippen LogP) is 1.04. The van der Waals surface area contributed by atoms with Gasteiger partial charge in [-0.25, -0.2) is 0 Å². The summed E-state index contributed by atoms with van der Waals surface area (Å²) in [6, 6.07) is 0.0744. The summed E-state index contributed by atoms with van der Waals surface area (Å²) < 4.78 is 5.26. The average Bonchev–Trinajstić information content (AvgIpc) is 2.30. The molecule has 0 aromatic heterocycles. The van der Waals surface area contributed by atoms with Crippen molar-refractivity contribution in [3.8, 4) is 0 Å². The van der Waals surface area contributed by atoms with Gasteiger partial charge in [0.15, 0.2) is 0 Å². The van der Waals surface area contributed by atoms with Crippen LogP contribution in [0.1, 0.15) is 20.3 Å². The van der Waals surface area contributed by atoms with Crippen molar-refractivity contribution in [3.63, 3.8) is 0 Å². The quantitative estimate of drug-likeness (QED) is 0.715. The lowest BCUT2D eigenvalue weighted by Gasteiger charge is -2.24. The minimum Gasteiger partial charge on any atom is -0.378 e. The number of ether oxygens (including phenoxy) is 1. The lowest BCUT2D eigenvalue weighted by Crippen LogP contribution is -2.52. The summed E-state index contributed by atoms with van der Waals surface area (Å²) in [4.78, 5) is 11.8. The average molecular weight is 283 g/mol. The number of thioether (sulfide) groups is 1. The lowest BCUT2D eigenvalue weighted by atomic mass is 10.2. The second-order valence-corrected chi connectivity index (χ2v) is 5.37. The molecular weight excluding hydrogens is 260 g/mol. The van der Waals surface area contributed by atoms with Gasteiger partial charge < -0.3 is 15.4 Å². The van der Waals surface area contributed by atoms with Crippen LogP contribution in [0, 0.1) is 0 Å². The normalized spacial score (nSPS) is 21.4. The number of amides is 1. The summed E-state index contributed by atoms with van der Waals surface area (Å²) in [7, 11) is 0. The summed E-state index contributed by atoms with van der Waals surface area (Å²) >= 11 is 1.91. The Morgan fingerprint density at radius 2 is 2.41 bits per heavy atom. The highest BCUT2D eigenvalue weighted by molar-refractivity contribution is 7.99. The second kappa shape index (κ2) is 10.00. The van der Waals surface area contributed by atoms with Gasteiger partial charge in [0, 0.05) is 12.6 Å². The van der Waals surface area contributed by atoms with E-state index in [1.807, 2.05) is 11.8 Å². The number of halogens is 1. The first-order valence-electron chi connectivity index (χ1n) is 5.93. The molecule has 1 heterocycles. The van der Waals surface area contributed by atoms with Crippen LogP contribution < -0.4 is 10.6 Å². The highest BCUT2D eigenvalue weighted by Gasteiger charge is 2.21. The fourth-order valence-corrected chi connectivity index (χ4v) is 2.36. The Kier molecular flexibility index (Phi) is 10.0. The standard InChI is InChI=1S/C11H22N2O2S.ClH/c1-3-16-7-4-9(2)13-11(14)10-8-15-6-5-12-10;/h9-10,12H,3-8H2,1-2H3,(H,13,14);1H. The minimum absolute atomic E-state index is 0. The monoisotopic (exact) mass is 282 g/mol. The van der Waals surface area contributed by atoms with Gasteiger partial charge in [0.1, 0.15) is 6.04 Å². The molecular formula is C11H23ClN2O2S. The van der Waals surface area contributed by atoms with Crippen molar-refractivity contribution in [2.75, 3.05) is 31.3 Å². The fourth-order valence-electron chi connectivity index (χ4n) is 1.55. The van der Waals surface area contributed by atoms with Gasteiger partial charge in [-0.3, -0.25) is 4.79 Å². The molecule has 1 saturated heterocycles. The van der Waals surface area contributed by atoms with Crippen LogP contribution in [0.15, 0.2) is 0 Å². The van der Waals surface area contributed by atoms with E-state index in [2.05, 4.69) is 24.5 Å². The molecule has 0 radical (unpaired) electrons. The van der Waals surface area contributed by atoms with Gasteiger partial charge in [-0.1, -0.05) is 6.92 Å². The van der Waals surface area contributed by atoms with E-state index in [1.165, 1.54) is 0 Å². The number of nitrogens with one attached hydrogen (secondary N) is 2. The molecule has 6 heteroatoms. The number of hydrogen-bond acceptors (Lipinski definition) is 4. The SMILES string of the molecule is CCSCCC(C)NC(=O)C1COCCN1.Cl. The van der Waals surface area contributed by atoms with Crippen LogP contribution in [0.2, 0.25) is 0 Å².